The first-order chi connectivity index (χ1) is 5.79. The van der Waals surface area contributed by atoms with Crippen molar-refractivity contribution in [2.24, 2.45) is 0 Å². The topological polar surface area (TPSA) is 52.7 Å². The monoisotopic (exact) mass is 161 g/mol. The Morgan fingerprint density at radius 2 is 2.08 bits per heavy atom. The molecule has 0 saturated heterocycles. The number of fused-ring (bicyclic) bond motifs is 1. The minimum atomic E-state index is 0.530. The van der Waals surface area contributed by atoms with Crippen LogP contribution >= 0.6 is 0 Å². The summed E-state index contributed by atoms with van der Waals surface area (Å²) >= 11 is 0. The molecular formula is C8H7N3O. The third-order valence-corrected chi connectivity index (χ3v) is 1.81. The van der Waals surface area contributed by atoms with Gasteiger partial charge in [-0.3, -0.25) is 0 Å². The van der Waals surface area contributed by atoms with Crippen LogP contribution in [0.15, 0.2) is 24.3 Å². The molecule has 0 spiro atoms. The summed E-state index contributed by atoms with van der Waals surface area (Å²) in [4.78, 5) is 0.530. The van der Waals surface area contributed by atoms with Crippen LogP contribution in [0.4, 0.5) is 0 Å². The predicted molar refractivity (Wildman–Crippen MR) is 43.2 cm³/mol. The molecule has 0 fully saturated rings. The van der Waals surface area contributed by atoms with Crippen LogP contribution in [-0.4, -0.2) is 10.3 Å². The van der Waals surface area contributed by atoms with Gasteiger partial charge in [-0.1, -0.05) is 12.1 Å². The maximum atomic E-state index is 11.0. The average Bonchev–Trinajstić information content (AvgIpc) is 2.12. The van der Waals surface area contributed by atoms with E-state index in [1.165, 1.54) is 0 Å². The quantitative estimate of drug-likeness (QED) is 0.419. The van der Waals surface area contributed by atoms with E-state index >= 15 is 0 Å². The molecule has 4 nitrogen and oxygen atoms in total. The zero-order chi connectivity index (χ0) is 8.55. The van der Waals surface area contributed by atoms with Gasteiger partial charge in [0.1, 0.15) is 10.9 Å². The summed E-state index contributed by atoms with van der Waals surface area (Å²) in [6.45, 7) is 1.73. The maximum absolute atomic E-state index is 11.0. The van der Waals surface area contributed by atoms with Crippen LogP contribution in [0.5, 0.6) is 0 Å². The summed E-state index contributed by atoms with van der Waals surface area (Å²) in [5.74, 6) is 0. The largest absolute Gasteiger partial charge is 0.691 e. The molecule has 0 unspecified atom stereocenters. The summed E-state index contributed by atoms with van der Waals surface area (Å²) in [6.07, 6.45) is 0. The van der Waals surface area contributed by atoms with Crippen LogP contribution < -0.4 is 4.85 Å². The minimum absolute atomic E-state index is 0.530. The molecule has 0 aliphatic carbocycles. The highest BCUT2D eigenvalue weighted by Gasteiger charge is 2.06. The van der Waals surface area contributed by atoms with E-state index in [1.807, 2.05) is 24.3 Å². The number of benzene rings is 1. The SMILES string of the molecule is Cc1c2ccccc2nn[n+]1[O-]. The second kappa shape index (κ2) is 2.41. The van der Waals surface area contributed by atoms with Crippen molar-refractivity contribution < 1.29 is 4.85 Å². The van der Waals surface area contributed by atoms with Crippen LogP contribution in [0.2, 0.25) is 0 Å². The summed E-state index contributed by atoms with van der Waals surface area (Å²) in [5, 5.41) is 19.0. The van der Waals surface area contributed by atoms with E-state index in [2.05, 4.69) is 10.3 Å². The molecule has 0 atom stereocenters. The van der Waals surface area contributed by atoms with E-state index in [-0.39, 0.29) is 0 Å². The number of aryl methyl sites for hydroxylation is 1. The Hall–Kier alpha value is -1.71. The number of hydrogen-bond acceptors (Lipinski definition) is 3. The van der Waals surface area contributed by atoms with Gasteiger partial charge >= 0.3 is 0 Å². The zero-order valence-corrected chi connectivity index (χ0v) is 6.56. The number of hydrogen-bond donors (Lipinski definition) is 0. The lowest BCUT2D eigenvalue weighted by Gasteiger charge is -2.01. The highest BCUT2D eigenvalue weighted by Crippen LogP contribution is 2.09. The first kappa shape index (κ1) is 6.97. The van der Waals surface area contributed by atoms with Crippen molar-refractivity contribution in [3.8, 4) is 0 Å². The van der Waals surface area contributed by atoms with Gasteiger partial charge in [0, 0.05) is 6.92 Å². The molecule has 12 heavy (non-hydrogen) atoms. The highest BCUT2D eigenvalue weighted by atomic mass is 16.5. The lowest BCUT2D eigenvalue weighted by molar-refractivity contribution is -0.679. The smallest absolute Gasteiger partial charge is 0.214 e. The van der Waals surface area contributed by atoms with E-state index in [0.29, 0.717) is 10.5 Å². The van der Waals surface area contributed by atoms with Crippen molar-refractivity contribution in [3.05, 3.63) is 35.2 Å². The van der Waals surface area contributed by atoms with E-state index in [1.54, 1.807) is 6.92 Å². The highest BCUT2D eigenvalue weighted by molar-refractivity contribution is 5.78. The fourth-order valence-corrected chi connectivity index (χ4v) is 1.13. The molecule has 0 radical (unpaired) electrons. The average molecular weight is 161 g/mol. The molecule has 4 heteroatoms. The third-order valence-electron chi connectivity index (χ3n) is 1.81. The van der Waals surface area contributed by atoms with Gasteiger partial charge in [0.05, 0.1) is 10.5 Å². The molecule has 0 bridgehead atoms. The fraction of sp³-hybridized carbons (Fsp3) is 0.125. The summed E-state index contributed by atoms with van der Waals surface area (Å²) in [7, 11) is 0. The Bertz CT molecular complexity index is 428. The van der Waals surface area contributed by atoms with Crippen molar-refractivity contribution >= 4 is 10.9 Å². The Morgan fingerprint density at radius 1 is 1.33 bits per heavy atom. The Kier molecular flexibility index (Phi) is 1.40. The Balaban J connectivity index is 2.91. The lowest BCUT2D eigenvalue weighted by atomic mass is 10.2. The predicted octanol–water partition coefficient (Wildman–Crippen LogP) is 0.572. The summed E-state index contributed by atoms with van der Waals surface area (Å²) in [6, 6.07) is 7.42. The normalized spacial score (nSPS) is 10.4. The molecule has 1 aromatic heterocycles. The molecule has 1 aromatic carbocycles. The van der Waals surface area contributed by atoms with Gasteiger partial charge in [0.2, 0.25) is 5.52 Å². The van der Waals surface area contributed by atoms with Crippen molar-refractivity contribution in [2.45, 2.75) is 6.92 Å². The van der Waals surface area contributed by atoms with Gasteiger partial charge in [-0.2, -0.15) is 0 Å². The Morgan fingerprint density at radius 3 is 2.92 bits per heavy atom. The molecule has 0 N–H and O–H groups in total. The molecule has 0 aliphatic rings. The Labute approximate surface area is 69.0 Å². The van der Waals surface area contributed by atoms with Crippen LogP contribution in [0, 0.1) is 12.1 Å². The zero-order valence-electron chi connectivity index (χ0n) is 6.56. The van der Waals surface area contributed by atoms with Gasteiger partial charge in [0.15, 0.2) is 0 Å². The van der Waals surface area contributed by atoms with Gasteiger partial charge < -0.3 is 5.21 Å². The van der Waals surface area contributed by atoms with E-state index < -0.39 is 0 Å². The van der Waals surface area contributed by atoms with Crippen molar-refractivity contribution in [2.75, 3.05) is 0 Å². The molecule has 2 aromatic rings. The van der Waals surface area contributed by atoms with Crippen molar-refractivity contribution in [1.82, 2.24) is 10.3 Å². The summed E-state index contributed by atoms with van der Waals surface area (Å²) < 4.78 is 0. The minimum Gasteiger partial charge on any atom is -0.691 e. The van der Waals surface area contributed by atoms with Crippen LogP contribution in [0.25, 0.3) is 10.9 Å². The van der Waals surface area contributed by atoms with Crippen LogP contribution in [0.3, 0.4) is 0 Å². The molecule has 0 saturated carbocycles. The fourth-order valence-electron chi connectivity index (χ4n) is 1.13. The number of nitrogens with zero attached hydrogens (tertiary/aromatic N) is 3. The first-order valence-corrected chi connectivity index (χ1v) is 3.61. The van der Waals surface area contributed by atoms with Gasteiger partial charge in [-0.15, -0.1) is 4.85 Å². The van der Waals surface area contributed by atoms with Crippen LogP contribution in [0.1, 0.15) is 5.69 Å². The van der Waals surface area contributed by atoms with Crippen molar-refractivity contribution in [3.63, 3.8) is 0 Å². The molecule has 0 aliphatic heterocycles. The van der Waals surface area contributed by atoms with Gasteiger partial charge in [-0.05, 0) is 12.1 Å². The standard InChI is InChI=1S/C8H7N3O/c1-6-7-4-2-3-5-8(7)9-10-11(6)12/h2-5H,1H3. The molecule has 1 heterocycles. The van der Waals surface area contributed by atoms with Crippen molar-refractivity contribution in [1.29, 1.82) is 0 Å². The van der Waals surface area contributed by atoms with Gasteiger partial charge in [-0.25, -0.2) is 0 Å². The second-order valence-corrected chi connectivity index (χ2v) is 2.56. The molecule has 0 amide bonds. The van der Waals surface area contributed by atoms with E-state index in [0.717, 1.165) is 10.9 Å². The van der Waals surface area contributed by atoms with E-state index in [4.69, 9.17) is 0 Å². The molecule has 2 rings (SSSR count). The second-order valence-electron chi connectivity index (χ2n) is 2.56. The number of aromatic nitrogens is 3. The first-order valence-electron chi connectivity index (χ1n) is 3.61. The van der Waals surface area contributed by atoms with Gasteiger partial charge in [0.25, 0.3) is 0 Å². The van der Waals surface area contributed by atoms with Crippen LogP contribution in [-0.2, 0) is 0 Å². The molecular weight excluding hydrogens is 154 g/mol. The molecule has 60 valence electrons. The maximum Gasteiger partial charge on any atom is 0.214 e. The van der Waals surface area contributed by atoms with E-state index in [9.17, 15) is 5.21 Å². The number of rotatable bonds is 0. The lowest BCUT2D eigenvalue weighted by Crippen LogP contribution is -2.35. The summed E-state index contributed by atoms with van der Waals surface area (Å²) in [5.41, 5.74) is 1.34. The third kappa shape index (κ3) is 0.887.